The van der Waals surface area contributed by atoms with Crippen molar-refractivity contribution in [1.82, 2.24) is 10.6 Å². The van der Waals surface area contributed by atoms with Gasteiger partial charge in [-0.15, -0.1) is 0 Å². The van der Waals surface area contributed by atoms with Gasteiger partial charge in [0.2, 0.25) is 6.17 Å². The van der Waals surface area contributed by atoms with Gasteiger partial charge in [0.1, 0.15) is 12.4 Å². The number of carbonyl (C=O) groups is 1. The second kappa shape index (κ2) is 10.5. The van der Waals surface area contributed by atoms with Crippen LogP contribution < -0.4 is 20.3 Å². The highest BCUT2D eigenvalue weighted by atomic mass is 35.5. The lowest BCUT2D eigenvalue weighted by molar-refractivity contribution is -0.119. The first kappa shape index (κ1) is 22.8. The van der Waals surface area contributed by atoms with E-state index in [0.29, 0.717) is 29.0 Å². The van der Waals surface area contributed by atoms with Gasteiger partial charge in [0.25, 0.3) is 5.91 Å². The van der Waals surface area contributed by atoms with E-state index in [9.17, 15) is 4.79 Å². The number of carbonyl (C=O) groups excluding carboxylic acids is 1. The van der Waals surface area contributed by atoms with Gasteiger partial charge in [0.15, 0.2) is 5.11 Å². The zero-order valence-electron chi connectivity index (χ0n) is 18.0. The Morgan fingerprint density at radius 3 is 2.52 bits per heavy atom. The third-order valence-electron chi connectivity index (χ3n) is 5.11. The molecule has 1 aliphatic rings. The van der Waals surface area contributed by atoms with Crippen LogP contribution >= 0.6 is 23.8 Å². The molecule has 0 aliphatic carbocycles. The monoisotopic (exact) mass is 478 g/mol. The molecule has 1 heterocycles. The number of nitrogens with zero attached hydrogens (tertiary/aromatic N) is 2. The second-order valence-electron chi connectivity index (χ2n) is 7.37. The molecule has 168 valence electrons. The van der Waals surface area contributed by atoms with Gasteiger partial charge in [-0.1, -0.05) is 60.1 Å². The fourth-order valence-electron chi connectivity index (χ4n) is 3.49. The number of nitrogens with one attached hydrogen (secondary N) is 2. The number of rotatable bonds is 6. The fourth-order valence-corrected chi connectivity index (χ4v) is 3.88. The molecule has 0 bridgehead atoms. The SMILES string of the molecule is CN1C(=O)C(NC(=S)NCCOc2ccccc2)N=C(c2ccccc2)c2cc(Cl)ccc21. The van der Waals surface area contributed by atoms with Crippen LogP contribution in [0.2, 0.25) is 5.02 Å². The van der Waals surface area contributed by atoms with Gasteiger partial charge in [-0.25, -0.2) is 4.99 Å². The molecule has 0 radical (unpaired) electrons. The van der Waals surface area contributed by atoms with E-state index in [2.05, 4.69) is 10.6 Å². The van der Waals surface area contributed by atoms with E-state index in [4.69, 9.17) is 33.5 Å². The molecule has 33 heavy (non-hydrogen) atoms. The summed E-state index contributed by atoms with van der Waals surface area (Å²) in [5.41, 5.74) is 3.06. The maximum absolute atomic E-state index is 13.2. The van der Waals surface area contributed by atoms with Gasteiger partial charge < -0.3 is 20.3 Å². The molecule has 0 saturated heterocycles. The average Bonchev–Trinajstić information content (AvgIpc) is 2.93. The van der Waals surface area contributed by atoms with E-state index >= 15 is 0 Å². The van der Waals surface area contributed by atoms with Crippen molar-refractivity contribution in [3.05, 3.63) is 95.0 Å². The molecule has 4 rings (SSSR count). The quantitative estimate of drug-likeness (QED) is 0.414. The predicted octanol–water partition coefficient (Wildman–Crippen LogP) is 4.02. The largest absolute Gasteiger partial charge is 0.492 e. The summed E-state index contributed by atoms with van der Waals surface area (Å²) in [6.07, 6.45) is -0.897. The van der Waals surface area contributed by atoms with Gasteiger partial charge in [-0.05, 0) is 42.5 Å². The van der Waals surface area contributed by atoms with Gasteiger partial charge in [0.05, 0.1) is 17.9 Å². The van der Waals surface area contributed by atoms with Crippen molar-refractivity contribution in [2.45, 2.75) is 6.17 Å². The smallest absolute Gasteiger partial charge is 0.272 e. The number of halogens is 1. The molecule has 1 unspecified atom stereocenters. The first-order chi connectivity index (χ1) is 16.0. The van der Waals surface area contributed by atoms with Gasteiger partial charge in [-0.2, -0.15) is 0 Å². The van der Waals surface area contributed by atoms with Gasteiger partial charge in [-0.3, -0.25) is 4.79 Å². The number of hydrogen-bond acceptors (Lipinski definition) is 4. The van der Waals surface area contributed by atoms with Crippen LogP contribution in [0.4, 0.5) is 5.69 Å². The lowest BCUT2D eigenvalue weighted by Gasteiger charge is -2.22. The lowest BCUT2D eigenvalue weighted by Crippen LogP contribution is -2.49. The van der Waals surface area contributed by atoms with Crippen LogP contribution in [0.15, 0.2) is 83.9 Å². The molecule has 1 atom stereocenters. The van der Waals surface area contributed by atoms with Crippen molar-refractivity contribution in [3.8, 4) is 5.75 Å². The number of benzene rings is 3. The summed E-state index contributed by atoms with van der Waals surface area (Å²) in [5.74, 6) is 0.557. The van der Waals surface area contributed by atoms with Crippen molar-refractivity contribution in [3.63, 3.8) is 0 Å². The molecule has 1 amide bonds. The zero-order valence-corrected chi connectivity index (χ0v) is 19.6. The molecule has 1 aliphatic heterocycles. The second-order valence-corrected chi connectivity index (χ2v) is 8.21. The molecule has 3 aromatic carbocycles. The summed E-state index contributed by atoms with van der Waals surface area (Å²) in [4.78, 5) is 19.6. The van der Waals surface area contributed by atoms with Crippen LogP contribution in [-0.4, -0.2) is 43.1 Å². The summed E-state index contributed by atoms with van der Waals surface area (Å²) >= 11 is 11.7. The number of benzodiazepines with no additional fused rings is 1. The topological polar surface area (TPSA) is 66.0 Å². The number of amides is 1. The Balaban J connectivity index is 1.52. The third-order valence-corrected chi connectivity index (χ3v) is 5.61. The van der Waals surface area contributed by atoms with Crippen molar-refractivity contribution >= 4 is 46.2 Å². The minimum Gasteiger partial charge on any atom is -0.492 e. The van der Waals surface area contributed by atoms with E-state index in [0.717, 1.165) is 22.6 Å². The highest BCUT2D eigenvalue weighted by Gasteiger charge is 2.30. The number of fused-ring (bicyclic) bond motifs is 1. The van der Waals surface area contributed by atoms with E-state index in [1.807, 2.05) is 72.8 Å². The average molecular weight is 479 g/mol. The van der Waals surface area contributed by atoms with Crippen LogP contribution in [0.25, 0.3) is 0 Å². The molecule has 0 spiro atoms. The molecule has 3 aromatic rings. The molecule has 0 aromatic heterocycles. The van der Waals surface area contributed by atoms with Crippen LogP contribution in [0.1, 0.15) is 11.1 Å². The first-order valence-corrected chi connectivity index (χ1v) is 11.2. The van der Waals surface area contributed by atoms with Crippen molar-refractivity contribution in [2.75, 3.05) is 25.1 Å². The Labute approximate surface area is 203 Å². The highest BCUT2D eigenvalue weighted by Crippen LogP contribution is 2.29. The predicted molar refractivity (Wildman–Crippen MR) is 136 cm³/mol. The van der Waals surface area contributed by atoms with E-state index in [1.165, 1.54) is 0 Å². The van der Waals surface area contributed by atoms with Crippen LogP contribution in [0.3, 0.4) is 0 Å². The summed E-state index contributed by atoms with van der Waals surface area (Å²) < 4.78 is 5.67. The summed E-state index contributed by atoms with van der Waals surface area (Å²) in [5, 5.41) is 7.00. The molecule has 0 saturated carbocycles. The Kier molecular flexibility index (Phi) is 7.22. The fraction of sp³-hybridized carbons (Fsp3) is 0.160. The molecular formula is C25H23ClN4O2S. The van der Waals surface area contributed by atoms with E-state index in [1.54, 1.807) is 18.0 Å². The number of hydrogen-bond donors (Lipinski definition) is 2. The standard InChI is InChI=1S/C25H23ClN4O2S/c1-30-21-13-12-18(26)16-20(21)22(17-8-4-2-5-9-17)28-23(24(30)31)29-25(33)27-14-15-32-19-10-6-3-7-11-19/h2-13,16,23H,14-15H2,1H3,(H2,27,29,33). The molecule has 6 nitrogen and oxygen atoms in total. The molecule has 0 fully saturated rings. The third kappa shape index (κ3) is 5.50. The molecular weight excluding hydrogens is 456 g/mol. The Hall–Kier alpha value is -3.42. The summed E-state index contributed by atoms with van der Waals surface area (Å²) in [7, 11) is 1.72. The minimum absolute atomic E-state index is 0.228. The molecule has 2 N–H and O–H groups in total. The highest BCUT2D eigenvalue weighted by molar-refractivity contribution is 7.80. The number of para-hydroxylation sites is 1. The summed E-state index contributed by atoms with van der Waals surface area (Å²) in [6.45, 7) is 0.898. The van der Waals surface area contributed by atoms with Crippen LogP contribution in [-0.2, 0) is 4.79 Å². The Bertz CT molecular complexity index is 1170. The zero-order chi connectivity index (χ0) is 23.2. The molecule has 8 heteroatoms. The number of likely N-dealkylation sites (N-methyl/N-ethyl adjacent to an activating group) is 1. The van der Waals surface area contributed by atoms with Crippen LogP contribution in [0.5, 0.6) is 5.75 Å². The van der Waals surface area contributed by atoms with Crippen LogP contribution in [0, 0.1) is 0 Å². The van der Waals surface area contributed by atoms with Gasteiger partial charge in [0, 0.05) is 23.2 Å². The van der Waals surface area contributed by atoms with Crippen molar-refractivity contribution in [1.29, 1.82) is 0 Å². The van der Waals surface area contributed by atoms with E-state index < -0.39 is 6.17 Å². The normalized spacial score (nSPS) is 15.2. The van der Waals surface area contributed by atoms with Gasteiger partial charge >= 0.3 is 0 Å². The lowest BCUT2D eigenvalue weighted by atomic mass is 10.0. The van der Waals surface area contributed by atoms with Crippen molar-refractivity contribution < 1.29 is 9.53 Å². The number of anilines is 1. The maximum atomic E-state index is 13.2. The van der Waals surface area contributed by atoms with Crippen molar-refractivity contribution in [2.24, 2.45) is 4.99 Å². The Morgan fingerprint density at radius 1 is 1.09 bits per heavy atom. The Morgan fingerprint density at radius 2 is 1.79 bits per heavy atom. The first-order valence-electron chi connectivity index (χ1n) is 10.5. The number of ether oxygens (including phenoxy) is 1. The minimum atomic E-state index is -0.897. The number of aliphatic imine (C=N–C) groups is 1. The summed E-state index contributed by atoms with van der Waals surface area (Å²) in [6, 6.07) is 24.7. The van der Waals surface area contributed by atoms with E-state index in [-0.39, 0.29) is 5.91 Å². The maximum Gasteiger partial charge on any atom is 0.272 e. The number of thiocarbonyl (C=S) groups is 1.